The molecule has 5 nitrogen and oxygen atoms in total. The van der Waals surface area contributed by atoms with Crippen molar-refractivity contribution in [3.63, 3.8) is 0 Å². The Bertz CT molecular complexity index is 469. The van der Waals surface area contributed by atoms with E-state index in [1.54, 1.807) is 20.8 Å². The van der Waals surface area contributed by atoms with Crippen LogP contribution in [-0.2, 0) is 9.63 Å². The summed E-state index contributed by atoms with van der Waals surface area (Å²) in [4.78, 5) is 16.7. The highest BCUT2D eigenvalue weighted by Crippen LogP contribution is 2.30. The van der Waals surface area contributed by atoms with Crippen LogP contribution in [0.3, 0.4) is 0 Å². The van der Waals surface area contributed by atoms with Gasteiger partial charge in [0.15, 0.2) is 0 Å². The summed E-state index contributed by atoms with van der Waals surface area (Å²) in [6, 6.07) is 3.74. The number of allylic oxidation sites excluding steroid dienone is 2. The minimum absolute atomic E-state index is 0.336. The van der Waals surface area contributed by atoms with Crippen LogP contribution in [0.5, 0.6) is 0 Å². The first-order valence-corrected chi connectivity index (χ1v) is 5.09. The Labute approximate surface area is 100 Å². The zero-order chi connectivity index (χ0) is 13.1. The Balaban J connectivity index is 2.76. The van der Waals surface area contributed by atoms with Crippen molar-refractivity contribution < 1.29 is 9.63 Å². The lowest BCUT2D eigenvalue weighted by Gasteiger charge is -2.37. The van der Waals surface area contributed by atoms with Gasteiger partial charge < -0.3 is 4.84 Å². The Kier molecular flexibility index (Phi) is 3.55. The second-order valence-electron chi connectivity index (χ2n) is 4.62. The van der Waals surface area contributed by atoms with E-state index in [1.807, 2.05) is 12.1 Å². The Morgan fingerprint density at radius 1 is 1.35 bits per heavy atom. The van der Waals surface area contributed by atoms with E-state index >= 15 is 0 Å². The molecule has 1 rings (SSSR count). The summed E-state index contributed by atoms with van der Waals surface area (Å²) in [5.74, 6) is -0.377. The molecule has 0 aromatic rings. The predicted octanol–water partition coefficient (Wildman–Crippen LogP) is 1.66. The quantitative estimate of drug-likeness (QED) is 0.641. The number of nitrogens with zero attached hydrogens (tertiary/aromatic N) is 3. The third-order valence-corrected chi connectivity index (χ3v) is 2.16. The van der Waals surface area contributed by atoms with Crippen LogP contribution in [0.2, 0.25) is 0 Å². The molecule has 1 aliphatic rings. The maximum absolute atomic E-state index is 11.6. The van der Waals surface area contributed by atoms with Crippen molar-refractivity contribution in [3.05, 3.63) is 23.4 Å². The Hall–Kier alpha value is -2.27. The van der Waals surface area contributed by atoms with Crippen molar-refractivity contribution in [2.24, 2.45) is 5.41 Å². The predicted molar refractivity (Wildman–Crippen MR) is 59.6 cm³/mol. The molecule has 0 bridgehead atoms. The number of rotatable bonds is 1. The molecular formula is C12H13N3O2. The molecule has 5 heteroatoms. The van der Waals surface area contributed by atoms with Crippen LogP contribution < -0.4 is 0 Å². The first-order chi connectivity index (χ1) is 7.90. The van der Waals surface area contributed by atoms with Gasteiger partial charge in [0.1, 0.15) is 0 Å². The summed E-state index contributed by atoms with van der Waals surface area (Å²) >= 11 is 0. The lowest BCUT2D eigenvalue weighted by atomic mass is 9.97. The van der Waals surface area contributed by atoms with Crippen molar-refractivity contribution in [1.29, 1.82) is 10.5 Å². The normalized spacial score (nSPS) is 19.5. The molecule has 1 saturated heterocycles. The van der Waals surface area contributed by atoms with Crippen LogP contribution in [0.25, 0.3) is 0 Å². The summed E-state index contributed by atoms with van der Waals surface area (Å²) < 4.78 is 0. The van der Waals surface area contributed by atoms with Gasteiger partial charge in [0.05, 0.1) is 29.8 Å². The summed E-state index contributed by atoms with van der Waals surface area (Å²) in [6.45, 7) is 5.57. The Morgan fingerprint density at radius 3 is 2.41 bits per heavy atom. The van der Waals surface area contributed by atoms with Crippen LogP contribution in [0, 0.1) is 28.1 Å². The van der Waals surface area contributed by atoms with Gasteiger partial charge in [-0.3, -0.25) is 0 Å². The minimum atomic E-state index is -0.605. The third-order valence-electron chi connectivity index (χ3n) is 2.16. The molecule has 0 N–H and O–H groups in total. The molecule has 0 atom stereocenters. The van der Waals surface area contributed by atoms with Crippen LogP contribution in [-0.4, -0.2) is 17.6 Å². The molecule has 0 aromatic heterocycles. The lowest BCUT2D eigenvalue weighted by Crippen LogP contribution is -2.42. The summed E-state index contributed by atoms with van der Waals surface area (Å²) in [5.41, 5.74) is 0.550. The first kappa shape index (κ1) is 12.8. The van der Waals surface area contributed by atoms with E-state index in [1.165, 1.54) is 17.2 Å². The second kappa shape index (κ2) is 4.71. The third kappa shape index (κ3) is 2.85. The van der Waals surface area contributed by atoms with E-state index in [4.69, 9.17) is 15.4 Å². The molecule has 1 fully saturated rings. The van der Waals surface area contributed by atoms with E-state index in [0.29, 0.717) is 17.8 Å². The van der Waals surface area contributed by atoms with Crippen LogP contribution in [0.15, 0.2) is 23.4 Å². The number of carbonyl (C=O) groups excluding carboxylic acids is 1. The van der Waals surface area contributed by atoms with Crippen molar-refractivity contribution in [1.82, 2.24) is 5.06 Å². The summed E-state index contributed by atoms with van der Waals surface area (Å²) in [5, 5.41) is 18.4. The van der Waals surface area contributed by atoms with Gasteiger partial charge in [-0.2, -0.15) is 10.5 Å². The zero-order valence-electron chi connectivity index (χ0n) is 10.0. The molecule has 0 saturated carbocycles. The zero-order valence-corrected chi connectivity index (χ0v) is 10.0. The smallest absolute Gasteiger partial charge is 0.337 e. The molecule has 0 aliphatic carbocycles. The van der Waals surface area contributed by atoms with Crippen LogP contribution in [0.4, 0.5) is 0 Å². The highest BCUT2D eigenvalue weighted by Gasteiger charge is 2.33. The fourth-order valence-corrected chi connectivity index (χ4v) is 1.13. The molecular weight excluding hydrogens is 218 g/mol. The topological polar surface area (TPSA) is 77.1 Å². The number of hydroxylamine groups is 2. The highest BCUT2D eigenvalue weighted by atomic mass is 16.7. The van der Waals surface area contributed by atoms with E-state index < -0.39 is 5.41 Å². The number of hydrogen-bond donors (Lipinski definition) is 0. The maximum atomic E-state index is 11.6. The average Bonchev–Trinajstić information content (AvgIpc) is 2.23. The highest BCUT2D eigenvalue weighted by molar-refractivity contribution is 5.75. The standard InChI is InChI=1S/C12H13N3O2/c1-12(2,3)11(16)17-15-8-9(4-6-13)10(15)5-7-14/h4-5H,8H2,1-3H3. The molecule has 88 valence electrons. The van der Waals surface area contributed by atoms with Gasteiger partial charge in [-0.25, -0.2) is 9.86 Å². The fraction of sp³-hybridized carbons (Fsp3) is 0.417. The monoisotopic (exact) mass is 231 g/mol. The molecule has 0 amide bonds. The molecule has 0 spiro atoms. The lowest BCUT2D eigenvalue weighted by molar-refractivity contribution is -0.195. The van der Waals surface area contributed by atoms with Gasteiger partial charge in [-0.1, -0.05) is 0 Å². The van der Waals surface area contributed by atoms with Gasteiger partial charge in [0.25, 0.3) is 0 Å². The fourth-order valence-electron chi connectivity index (χ4n) is 1.13. The van der Waals surface area contributed by atoms with E-state index in [0.717, 1.165) is 0 Å². The largest absolute Gasteiger partial charge is 0.340 e. The molecule has 1 aliphatic heterocycles. The number of hydrogen-bond acceptors (Lipinski definition) is 5. The van der Waals surface area contributed by atoms with Gasteiger partial charge in [0.2, 0.25) is 0 Å². The Morgan fingerprint density at radius 2 is 1.94 bits per heavy atom. The summed E-state index contributed by atoms with van der Waals surface area (Å²) in [6.07, 6.45) is 2.59. The maximum Gasteiger partial charge on any atom is 0.337 e. The summed E-state index contributed by atoms with van der Waals surface area (Å²) in [7, 11) is 0. The van der Waals surface area contributed by atoms with Gasteiger partial charge in [0, 0.05) is 17.7 Å². The molecule has 0 aromatic carbocycles. The van der Waals surface area contributed by atoms with Crippen LogP contribution in [0.1, 0.15) is 20.8 Å². The average molecular weight is 231 g/mol. The van der Waals surface area contributed by atoms with Crippen molar-refractivity contribution in [2.45, 2.75) is 20.8 Å². The number of carbonyl (C=O) groups is 1. The number of nitriles is 2. The first-order valence-electron chi connectivity index (χ1n) is 5.09. The van der Waals surface area contributed by atoms with Gasteiger partial charge in [-0.15, -0.1) is 0 Å². The molecule has 1 heterocycles. The second-order valence-corrected chi connectivity index (χ2v) is 4.62. The van der Waals surface area contributed by atoms with Gasteiger partial charge in [-0.05, 0) is 20.8 Å². The van der Waals surface area contributed by atoms with Crippen molar-refractivity contribution in [2.75, 3.05) is 6.54 Å². The van der Waals surface area contributed by atoms with E-state index in [9.17, 15) is 4.79 Å². The molecule has 0 radical (unpaired) electrons. The SMILES string of the molecule is CC(C)(C)C(=O)ON1CC(=CC#N)C1=CC#N. The van der Waals surface area contributed by atoms with E-state index in [2.05, 4.69) is 0 Å². The van der Waals surface area contributed by atoms with Crippen molar-refractivity contribution in [3.8, 4) is 12.1 Å². The van der Waals surface area contributed by atoms with E-state index in [-0.39, 0.29) is 5.97 Å². The molecule has 17 heavy (non-hydrogen) atoms. The van der Waals surface area contributed by atoms with Crippen molar-refractivity contribution >= 4 is 5.97 Å². The van der Waals surface area contributed by atoms with Crippen LogP contribution >= 0.6 is 0 Å². The minimum Gasteiger partial charge on any atom is -0.340 e. The van der Waals surface area contributed by atoms with Gasteiger partial charge >= 0.3 is 5.97 Å². The molecule has 0 unspecified atom stereocenters.